The summed E-state index contributed by atoms with van der Waals surface area (Å²) in [5, 5.41) is 10.1. The first-order valence-corrected chi connectivity index (χ1v) is 8.10. The molecule has 1 unspecified atom stereocenters. The Kier molecular flexibility index (Phi) is 5.13. The van der Waals surface area contributed by atoms with Crippen molar-refractivity contribution in [1.82, 2.24) is 10.2 Å². The summed E-state index contributed by atoms with van der Waals surface area (Å²) < 4.78 is 52.4. The summed E-state index contributed by atoms with van der Waals surface area (Å²) in [5.41, 5.74) is 5.41. The zero-order chi connectivity index (χ0) is 19.6. The predicted octanol–water partition coefficient (Wildman–Crippen LogP) is 3.79. The van der Waals surface area contributed by atoms with E-state index in [4.69, 9.17) is 5.73 Å². The number of carbonyl (C=O) groups is 1. The van der Waals surface area contributed by atoms with Gasteiger partial charge in [0.05, 0.1) is 23.2 Å². The molecule has 1 heterocycles. The molecule has 5 nitrogen and oxygen atoms in total. The van der Waals surface area contributed by atoms with E-state index in [1.54, 1.807) is 24.4 Å². The second-order valence-electron chi connectivity index (χ2n) is 6.03. The summed E-state index contributed by atoms with van der Waals surface area (Å²) in [5.74, 6) is -2.86. The van der Waals surface area contributed by atoms with Crippen LogP contribution in [0.2, 0.25) is 0 Å². The summed E-state index contributed by atoms with van der Waals surface area (Å²) >= 11 is 0. The fourth-order valence-electron chi connectivity index (χ4n) is 2.84. The van der Waals surface area contributed by atoms with Gasteiger partial charge in [0.2, 0.25) is 5.91 Å². The molecule has 2 aromatic carbocycles. The van der Waals surface area contributed by atoms with Gasteiger partial charge in [-0.25, -0.2) is 4.39 Å². The lowest BCUT2D eigenvalue weighted by atomic mass is 9.93. The number of H-pyrrole nitrogens is 1. The number of aromatic amines is 1. The van der Waals surface area contributed by atoms with Crippen LogP contribution in [-0.4, -0.2) is 22.6 Å². The molecule has 0 fully saturated rings. The van der Waals surface area contributed by atoms with Gasteiger partial charge in [-0.3, -0.25) is 9.89 Å². The minimum Gasteiger partial charge on any atom is -0.330 e. The standard InChI is InChI=1S/C18H16F4N4O/c19-15-3-1-10(8-14(15)18(20,21)22)13(5-6-23)17(27)25-12-2-4-16-11(7-12)9-24-26-16/h1-4,7-9,13H,5-6,23H2,(H,24,26)(H,25,27). The van der Waals surface area contributed by atoms with Crippen LogP contribution in [0.5, 0.6) is 0 Å². The fraction of sp³-hybridized carbons (Fsp3) is 0.222. The quantitative estimate of drug-likeness (QED) is 0.589. The van der Waals surface area contributed by atoms with Crippen molar-refractivity contribution in [2.45, 2.75) is 18.5 Å². The van der Waals surface area contributed by atoms with Crippen LogP contribution < -0.4 is 11.1 Å². The molecular formula is C18H16F4N4O. The van der Waals surface area contributed by atoms with Crippen LogP contribution in [0, 0.1) is 5.82 Å². The highest BCUT2D eigenvalue weighted by Crippen LogP contribution is 2.34. The molecule has 1 atom stereocenters. The van der Waals surface area contributed by atoms with Crippen LogP contribution in [0.3, 0.4) is 0 Å². The maximum absolute atomic E-state index is 13.5. The van der Waals surface area contributed by atoms with Gasteiger partial charge in [-0.2, -0.15) is 18.3 Å². The molecule has 1 aromatic heterocycles. The Morgan fingerprint density at radius 3 is 2.70 bits per heavy atom. The van der Waals surface area contributed by atoms with E-state index in [1.165, 1.54) is 6.07 Å². The lowest BCUT2D eigenvalue weighted by Gasteiger charge is -2.18. The van der Waals surface area contributed by atoms with Gasteiger partial charge in [0.1, 0.15) is 5.82 Å². The van der Waals surface area contributed by atoms with Crippen molar-refractivity contribution in [3.63, 3.8) is 0 Å². The second-order valence-corrected chi connectivity index (χ2v) is 6.03. The average molecular weight is 380 g/mol. The highest BCUT2D eigenvalue weighted by atomic mass is 19.4. The number of nitrogens with two attached hydrogens (primary N) is 1. The molecular weight excluding hydrogens is 364 g/mol. The van der Waals surface area contributed by atoms with Gasteiger partial charge in [-0.1, -0.05) is 6.07 Å². The minimum absolute atomic E-state index is 0.0519. The summed E-state index contributed by atoms with van der Waals surface area (Å²) in [6.45, 7) is 0.0809. The maximum Gasteiger partial charge on any atom is 0.419 e. The SMILES string of the molecule is NCCC(C(=O)Nc1ccc2[nH]ncc2c1)c1ccc(F)c(C(F)(F)F)c1. The van der Waals surface area contributed by atoms with E-state index < -0.39 is 29.4 Å². The van der Waals surface area contributed by atoms with Crippen molar-refractivity contribution in [3.05, 3.63) is 59.5 Å². The molecule has 0 saturated carbocycles. The molecule has 0 aliphatic rings. The van der Waals surface area contributed by atoms with Crippen molar-refractivity contribution < 1.29 is 22.4 Å². The highest BCUT2D eigenvalue weighted by Gasteiger charge is 2.35. The third-order valence-electron chi connectivity index (χ3n) is 4.18. The summed E-state index contributed by atoms with van der Waals surface area (Å²) in [7, 11) is 0. The molecule has 0 aliphatic carbocycles. The lowest BCUT2D eigenvalue weighted by Crippen LogP contribution is -2.24. The number of hydrogen-bond donors (Lipinski definition) is 3. The third kappa shape index (κ3) is 4.08. The van der Waals surface area contributed by atoms with Gasteiger partial charge < -0.3 is 11.1 Å². The van der Waals surface area contributed by atoms with E-state index in [1.807, 2.05) is 0 Å². The Morgan fingerprint density at radius 2 is 2.00 bits per heavy atom. The average Bonchev–Trinajstić information content (AvgIpc) is 3.07. The molecule has 3 rings (SSSR count). The molecule has 0 saturated heterocycles. The Bertz CT molecular complexity index is 967. The molecule has 9 heteroatoms. The van der Waals surface area contributed by atoms with E-state index in [0.717, 1.165) is 10.9 Å². The molecule has 1 amide bonds. The topological polar surface area (TPSA) is 83.8 Å². The van der Waals surface area contributed by atoms with Gasteiger partial charge >= 0.3 is 6.18 Å². The molecule has 27 heavy (non-hydrogen) atoms. The smallest absolute Gasteiger partial charge is 0.330 e. The van der Waals surface area contributed by atoms with Crippen molar-refractivity contribution >= 4 is 22.5 Å². The number of fused-ring (bicyclic) bond motifs is 1. The number of alkyl halides is 3. The molecule has 0 spiro atoms. The number of hydrogen-bond acceptors (Lipinski definition) is 3. The molecule has 0 bridgehead atoms. The van der Waals surface area contributed by atoms with Crippen LogP contribution in [0.4, 0.5) is 23.2 Å². The van der Waals surface area contributed by atoms with Crippen molar-refractivity contribution in [2.75, 3.05) is 11.9 Å². The van der Waals surface area contributed by atoms with E-state index in [-0.39, 0.29) is 18.5 Å². The van der Waals surface area contributed by atoms with Gasteiger partial charge in [-0.15, -0.1) is 0 Å². The Labute approximate surface area is 151 Å². The number of rotatable bonds is 5. The summed E-state index contributed by atoms with van der Waals surface area (Å²) in [6.07, 6.45) is -3.16. The number of anilines is 1. The highest BCUT2D eigenvalue weighted by molar-refractivity contribution is 5.97. The first-order valence-electron chi connectivity index (χ1n) is 8.10. The Hall–Kier alpha value is -2.94. The van der Waals surface area contributed by atoms with Crippen LogP contribution in [-0.2, 0) is 11.0 Å². The Balaban J connectivity index is 1.89. The van der Waals surface area contributed by atoms with Crippen molar-refractivity contribution in [3.8, 4) is 0 Å². The van der Waals surface area contributed by atoms with Crippen LogP contribution in [0.15, 0.2) is 42.6 Å². The zero-order valence-electron chi connectivity index (χ0n) is 14.0. The minimum atomic E-state index is -4.85. The number of amides is 1. The third-order valence-corrected chi connectivity index (χ3v) is 4.18. The largest absolute Gasteiger partial charge is 0.419 e. The molecule has 142 valence electrons. The molecule has 0 aliphatic heterocycles. The number of halogens is 4. The van der Waals surface area contributed by atoms with E-state index in [0.29, 0.717) is 17.8 Å². The van der Waals surface area contributed by atoms with Gasteiger partial charge in [0.25, 0.3) is 0 Å². The zero-order valence-corrected chi connectivity index (χ0v) is 14.0. The normalized spacial score (nSPS) is 12.9. The number of aromatic nitrogens is 2. The van der Waals surface area contributed by atoms with Gasteiger partial charge in [0, 0.05) is 11.1 Å². The number of nitrogens with one attached hydrogen (secondary N) is 2. The second kappa shape index (κ2) is 7.36. The monoisotopic (exact) mass is 380 g/mol. The van der Waals surface area contributed by atoms with Crippen LogP contribution in [0.1, 0.15) is 23.5 Å². The van der Waals surface area contributed by atoms with Crippen LogP contribution >= 0.6 is 0 Å². The van der Waals surface area contributed by atoms with E-state index in [2.05, 4.69) is 15.5 Å². The van der Waals surface area contributed by atoms with E-state index in [9.17, 15) is 22.4 Å². The number of nitrogens with zero attached hydrogens (tertiary/aromatic N) is 1. The maximum atomic E-state index is 13.5. The summed E-state index contributed by atoms with van der Waals surface area (Å²) in [6, 6.07) is 7.59. The first kappa shape index (κ1) is 18.8. The molecule has 3 aromatic rings. The van der Waals surface area contributed by atoms with Crippen molar-refractivity contribution in [2.24, 2.45) is 5.73 Å². The number of carbonyl (C=O) groups excluding carboxylic acids is 1. The van der Waals surface area contributed by atoms with E-state index >= 15 is 0 Å². The first-order chi connectivity index (χ1) is 12.8. The Morgan fingerprint density at radius 1 is 1.22 bits per heavy atom. The van der Waals surface area contributed by atoms with Gasteiger partial charge in [0.15, 0.2) is 0 Å². The number of benzene rings is 2. The molecule has 0 radical (unpaired) electrons. The predicted molar refractivity (Wildman–Crippen MR) is 92.5 cm³/mol. The fourth-order valence-corrected chi connectivity index (χ4v) is 2.84. The van der Waals surface area contributed by atoms with Crippen LogP contribution in [0.25, 0.3) is 10.9 Å². The summed E-state index contributed by atoms with van der Waals surface area (Å²) in [4.78, 5) is 12.7. The lowest BCUT2D eigenvalue weighted by molar-refractivity contribution is -0.140. The van der Waals surface area contributed by atoms with Gasteiger partial charge in [-0.05, 0) is 48.9 Å². The molecule has 4 N–H and O–H groups in total. The van der Waals surface area contributed by atoms with Crippen molar-refractivity contribution in [1.29, 1.82) is 0 Å².